The predicted octanol–water partition coefficient (Wildman–Crippen LogP) is -0.00930. The Morgan fingerprint density at radius 2 is 2.50 bits per heavy atom. The molecule has 0 spiro atoms. The summed E-state index contributed by atoms with van der Waals surface area (Å²) in [7, 11) is 0. The van der Waals surface area contributed by atoms with E-state index in [4.69, 9.17) is 10.5 Å². The van der Waals surface area contributed by atoms with E-state index in [-0.39, 0.29) is 6.61 Å². The maximum atomic E-state index is 11.4. The molecule has 0 aromatic heterocycles. The Hall–Kier alpha value is -1.11. The Labute approximate surface area is 81.8 Å². The van der Waals surface area contributed by atoms with Crippen LogP contribution in [0.4, 0.5) is 0 Å². The minimum atomic E-state index is -1.35. The largest absolute Gasteiger partial charge is 0.466 e. The van der Waals surface area contributed by atoms with Gasteiger partial charge >= 0.3 is 5.97 Å². The van der Waals surface area contributed by atoms with E-state index in [0.29, 0.717) is 5.23 Å². The maximum Gasteiger partial charge on any atom is 0.312 e. The highest BCUT2D eigenvalue weighted by molar-refractivity contribution is 5.74. The zero-order valence-electron chi connectivity index (χ0n) is 8.14. The van der Waals surface area contributed by atoms with Crippen molar-refractivity contribution in [1.82, 2.24) is 5.23 Å². The van der Waals surface area contributed by atoms with Crippen molar-refractivity contribution in [1.29, 1.82) is 0 Å². The van der Waals surface area contributed by atoms with Gasteiger partial charge in [0.05, 0.1) is 12.5 Å². The smallest absolute Gasteiger partial charge is 0.312 e. The van der Waals surface area contributed by atoms with Crippen LogP contribution in [0, 0.1) is 5.92 Å². The van der Waals surface area contributed by atoms with Crippen molar-refractivity contribution in [2.45, 2.75) is 19.5 Å². The number of hydrogen-bond acceptors (Lipinski definition) is 6. The van der Waals surface area contributed by atoms with Crippen LogP contribution in [-0.4, -0.2) is 28.7 Å². The monoisotopic (exact) mass is 202 g/mol. The van der Waals surface area contributed by atoms with Crippen molar-refractivity contribution in [2.24, 2.45) is 11.7 Å². The van der Waals surface area contributed by atoms with E-state index in [2.05, 4.69) is 4.84 Å². The highest BCUT2D eigenvalue weighted by atomic mass is 16.9. The number of carbonyl (C=O) groups excluding carboxylic acids is 1. The van der Waals surface area contributed by atoms with Crippen molar-refractivity contribution in [3.8, 4) is 0 Å². The van der Waals surface area contributed by atoms with Crippen molar-refractivity contribution >= 4 is 5.97 Å². The number of hydrogen-bond donors (Lipinski definition) is 2. The second-order valence-electron chi connectivity index (χ2n) is 3.04. The van der Waals surface area contributed by atoms with Crippen LogP contribution in [-0.2, 0) is 14.4 Å². The van der Waals surface area contributed by atoms with Crippen LogP contribution >= 0.6 is 0 Å². The molecule has 80 valence electrons. The van der Waals surface area contributed by atoms with Crippen LogP contribution in [0.3, 0.4) is 0 Å². The lowest BCUT2D eigenvalue weighted by Gasteiger charge is -2.30. The summed E-state index contributed by atoms with van der Waals surface area (Å²) in [5, 5.41) is 9.69. The van der Waals surface area contributed by atoms with Gasteiger partial charge in [-0.15, -0.1) is 0 Å². The van der Waals surface area contributed by atoms with Gasteiger partial charge in [0.15, 0.2) is 5.66 Å². The third kappa shape index (κ3) is 1.72. The molecule has 3 N–H and O–H groups in total. The van der Waals surface area contributed by atoms with Gasteiger partial charge in [-0.2, -0.15) is 0 Å². The zero-order valence-corrected chi connectivity index (χ0v) is 8.14. The molecular weight excluding hydrogens is 188 g/mol. The molecule has 2 atom stereocenters. The van der Waals surface area contributed by atoms with E-state index in [1.807, 2.05) is 0 Å². The van der Waals surface area contributed by atoms with Crippen LogP contribution in [0.5, 0.6) is 0 Å². The first-order valence-corrected chi connectivity index (χ1v) is 4.31. The van der Waals surface area contributed by atoms with Gasteiger partial charge in [-0.1, -0.05) is 0 Å². The first kappa shape index (κ1) is 11.0. The van der Waals surface area contributed by atoms with Gasteiger partial charge < -0.3 is 15.3 Å². The van der Waals surface area contributed by atoms with Gasteiger partial charge in [0.25, 0.3) is 0 Å². The molecule has 0 saturated heterocycles. The molecule has 1 heterocycles. The lowest BCUT2D eigenvalue weighted by molar-refractivity contribution is -0.346. The molecule has 1 aliphatic heterocycles. The summed E-state index contributed by atoms with van der Waals surface area (Å²) in [6, 6.07) is 0. The zero-order chi connectivity index (χ0) is 10.8. The van der Waals surface area contributed by atoms with Gasteiger partial charge in [-0.05, 0) is 19.9 Å². The van der Waals surface area contributed by atoms with Crippen LogP contribution in [0.1, 0.15) is 13.8 Å². The SMILES string of the molecule is CCOC(=O)C(C)C1(N)C=CON1O. The first-order chi connectivity index (χ1) is 6.52. The first-order valence-electron chi connectivity index (χ1n) is 4.31. The molecule has 0 aromatic carbocycles. The van der Waals surface area contributed by atoms with Crippen LogP contribution < -0.4 is 5.73 Å². The number of nitrogens with zero attached hydrogens (tertiary/aromatic N) is 1. The van der Waals surface area contributed by atoms with Crippen molar-refractivity contribution in [3.63, 3.8) is 0 Å². The number of carbonyl (C=O) groups is 1. The predicted molar refractivity (Wildman–Crippen MR) is 46.6 cm³/mol. The quantitative estimate of drug-likeness (QED) is 0.626. The van der Waals surface area contributed by atoms with Crippen LogP contribution in [0.25, 0.3) is 0 Å². The second-order valence-corrected chi connectivity index (χ2v) is 3.04. The van der Waals surface area contributed by atoms with E-state index >= 15 is 0 Å². The molecule has 0 bridgehead atoms. The molecule has 6 heteroatoms. The summed E-state index contributed by atoms with van der Waals surface area (Å²) in [5.74, 6) is -1.20. The van der Waals surface area contributed by atoms with Gasteiger partial charge in [-0.3, -0.25) is 10.0 Å². The van der Waals surface area contributed by atoms with Gasteiger partial charge in [0.2, 0.25) is 0 Å². The van der Waals surface area contributed by atoms with Crippen LogP contribution in [0.2, 0.25) is 0 Å². The highest BCUT2D eigenvalue weighted by Crippen LogP contribution is 2.25. The number of hydroxylamine groups is 2. The average Bonchev–Trinajstić information content (AvgIpc) is 2.47. The van der Waals surface area contributed by atoms with Gasteiger partial charge in [0, 0.05) is 5.23 Å². The molecule has 6 nitrogen and oxygen atoms in total. The average molecular weight is 202 g/mol. The fourth-order valence-corrected chi connectivity index (χ4v) is 1.12. The van der Waals surface area contributed by atoms with Crippen molar-refractivity contribution < 1.29 is 19.6 Å². The molecule has 0 amide bonds. The minimum absolute atomic E-state index is 0.273. The topological polar surface area (TPSA) is 85.0 Å². The summed E-state index contributed by atoms with van der Waals surface area (Å²) in [4.78, 5) is 15.9. The Kier molecular flexibility index (Phi) is 3.10. The summed E-state index contributed by atoms with van der Waals surface area (Å²) in [5.41, 5.74) is 4.39. The number of rotatable bonds is 3. The second kappa shape index (κ2) is 3.95. The Balaban J connectivity index is 2.72. The molecule has 1 aliphatic rings. The summed E-state index contributed by atoms with van der Waals surface area (Å²) >= 11 is 0. The minimum Gasteiger partial charge on any atom is -0.466 e. The van der Waals surface area contributed by atoms with Crippen molar-refractivity contribution in [2.75, 3.05) is 6.61 Å². The summed E-state index contributed by atoms with van der Waals surface area (Å²) in [6.07, 6.45) is 2.62. The van der Waals surface area contributed by atoms with Gasteiger partial charge in [0.1, 0.15) is 6.26 Å². The van der Waals surface area contributed by atoms with Crippen LogP contribution in [0.15, 0.2) is 12.3 Å². The number of ether oxygens (including phenoxy) is 1. The lowest BCUT2D eigenvalue weighted by Crippen LogP contribution is -2.57. The summed E-state index contributed by atoms with van der Waals surface area (Å²) in [6.45, 7) is 3.53. The molecule has 2 unspecified atom stereocenters. The van der Waals surface area contributed by atoms with E-state index < -0.39 is 17.6 Å². The number of esters is 1. The van der Waals surface area contributed by atoms with Gasteiger partial charge in [-0.25, -0.2) is 0 Å². The Bertz CT molecular complexity index is 256. The molecule has 0 aromatic rings. The molecule has 14 heavy (non-hydrogen) atoms. The Morgan fingerprint density at radius 3 is 2.93 bits per heavy atom. The third-order valence-corrected chi connectivity index (χ3v) is 2.16. The molecule has 0 fully saturated rings. The third-order valence-electron chi connectivity index (χ3n) is 2.16. The standard InChI is InChI=1S/C8H14N2O4/c1-3-13-7(11)6(2)8(9)4-5-14-10(8)12/h4-6,12H,3,9H2,1-2H3. The fraction of sp³-hybridized carbons (Fsp3) is 0.625. The van der Waals surface area contributed by atoms with E-state index in [9.17, 15) is 10.0 Å². The summed E-state index contributed by atoms with van der Waals surface area (Å²) < 4.78 is 4.78. The number of nitrogens with two attached hydrogens (primary N) is 1. The van der Waals surface area contributed by atoms with E-state index in [1.54, 1.807) is 13.8 Å². The molecule has 1 rings (SSSR count). The molecule has 0 saturated carbocycles. The van der Waals surface area contributed by atoms with Crippen molar-refractivity contribution in [3.05, 3.63) is 12.3 Å². The Morgan fingerprint density at radius 1 is 1.86 bits per heavy atom. The molecule has 0 radical (unpaired) electrons. The highest BCUT2D eigenvalue weighted by Gasteiger charge is 2.45. The van der Waals surface area contributed by atoms with E-state index in [1.165, 1.54) is 12.3 Å². The van der Waals surface area contributed by atoms with E-state index in [0.717, 1.165) is 0 Å². The fourth-order valence-electron chi connectivity index (χ4n) is 1.12. The molecular formula is C8H14N2O4. The lowest BCUT2D eigenvalue weighted by atomic mass is 9.96. The molecule has 0 aliphatic carbocycles. The normalized spacial score (nSPS) is 28.6. The maximum absolute atomic E-state index is 11.4.